The first-order valence-electron chi connectivity index (χ1n) is 7.95. The summed E-state index contributed by atoms with van der Waals surface area (Å²) in [7, 11) is 1.36. The van der Waals surface area contributed by atoms with E-state index in [9.17, 15) is 4.79 Å². The Morgan fingerprint density at radius 3 is 3.15 bits per heavy atom. The summed E-state index contributed by atoms with van der Waals surface area (Å²) in [6.45, 7) is 3.05. The topological polar surface area (TPSA) is 47.9 Å². The number of aliphatic imine (C=N–C) groups is 1. The summed E-state index contributed by atoms with van der Waals surface area (Å²) in [4.78, 5) is 16.3. The van der Waals surface area contributed by atoms with Gasteiger partial charge in [0, 0.05) is 5.56 Å². The van der Waals surface area contributed by atoms with Crippen molar-refractivity contribution in [3.8, 4) is 0 Å². The molecule has 1 aromatic carbocycles. The Morgan fingerprint density at radius 1 is 1.65 bits per heavy atom. The Morgan fingerprint density at radius 2 is 2.50 bits per heavy atom. The smallest absolute Gasteiger partial charge is 0.313 e. The second-order valence-electron chi connectivity index (χ2n) is 4.69. The predicted octanol–water partition coefficient (Wildman–Crippen LogP) is 2.91. The van der Waals surface area contributed by atoms with E-state index >= 15 is 0 Å². The number of hydrogen-bond donors (Lipinski definition) is 0. The largest absolute Gasteiger partial charge is 0.476 e. The molecule has 0 N–H and O–H groups in total. The Kier molecular flexibility index (Phi) is 4.23. The summed E-state index contributed by atoms with van der Waals surface area (Å²) in [6.07, 6.45) is 2.45. The number of benzene rings is 1. The Bertz CT molecular complexity index is 587. The molecule has 1 atom stereocenters. The molecule has 1 heterocycles. The lowest BCUT2D eigenvalue weighted by Crippen LogP contribution is -2.15. The third kappa shape index (κ3) is 3.38. The molecule has 0 saturated carbocycles. The van der Waals surface area contributed by atoms with Crippen LogP contribution in [0.15, 0.2) is 29.2 Å². The Labute approximate surface area is 122 Å². The number of hydrogen-bond acceptors (Lipinski definition) is 4. The second-order valence-corrected chi connectivity index (χ2v) is 4.69. The number of carbonyl (C=O) groups excluding carboxylic acids is 1. The SMILES string of the molecule is [2H]c1ccc(C(CCCC)C(=O)OC)c([2H])c1C1=NCCO1. The molecule has 0 bridgehead atoms. The van der Waals surface area contributed by atoms with Gasteiger partial charge < -0.3 is 9.47 Å². The van der Waals surface area contributed by atoms with Crippen LogP contribution in [-0.2, 0) is 14.3 Å². The Balaban J connectivity index is 2.44. The molecule has 0 aliphatic carbocycles. The standard InChI is InChI=1S/C16H21NO3/c1-3-4-8-14(16(18)19-2)12-6-5-7-13(11-12)15-17-9-10-20-15/h5-7,11,14H,3-4,8-10H2,1-2H3/i7D,11D. The van der Waals surface area contributed by atoms with Crippen molar-refractivity contribution >= 4 is 11.9 Å². The van der Waals surface area contributed by atoms with Gasteiger partial charge in [0.05, 0.1) is 22.3 Å². The monoisotopic (exact) mass is 277 g/mol. The maximum atomic E-state index is 12.1. The van der Waals surface area contributed by atoms with Crippen LogP contribution in [0.2, 0.25) is 0 Å². The van der Waals surface area contributed by atoms with Crippen molar-refractivity contribution in [2.24, 2.45) is 4.99 Å². The van der Waals surface area contributed by atoms with E-state index in [1.54, 1.807) is 12.1 Å². The molecule has 0 spiro atoms. The summed E-state index contributed by atoms with van der Waals surface area (Å²) in [6, 6.07) is 3.59. The van der Waals surface area contributed by atoms with Gasteiger partial charge in [0.15, 0.2) is 0 Å². The molecule has 1 aliphatic rings. The lowest BCUT2D eigenvalue weighted by atomic mass is 9.92. The van der Waals surface area contributed by atoms with Gasteiger partial charge in [-0.25, -0.2) is 4.99 Å². The van der Waals surface area contributed by atoms with E-state index in [1.807, 2.05) is 0 Å². The van der Waals surface area contributed by atoms with Crippen LogP contribution in [-0.4, -0.2) is 32.1 Å². The molecule has 1 aromatic rings. The minimum Gasteiger partial charge on any atom is -0.476 e. The minimum absolute atomic E-state index is 0.139. The first-order valence-corrected chi connectivity index (χ1v) is 6.95. The molecule has 1 unspecified atom stereocenters. The summed E-state index contributed by atoms with van der Waals surface area (Å²) in [5.41, 5.74) is 0.935. The van der Waals surface area contributed by atoms with E-state index in [-0.39, 0.29) is 18.1 Å². The van der Waals surface area contributed by atoms with E-state index in [0.717, 1.165) is 12.8 Å². The molecule has 0 amide bonds. The fourth-order valence-corrected chi connectivity index (χ4v) is 2.19. The number of ether oxygens (including phenoxy) is 2. The van der Waals surface area contributed by atoms with Crippen molar-refractivity contribution in [2.45, 2.75) is 32.1 Å². The summed E-state index contributed by atoms with van der Waals surface area (Å²) in [5.74, 6) is -0.505. The molecule has 0 fully saturated rings. The number of methoxy groups -OCH3 is 1. The Hall–Kier alpha value is -1.84. The molecular formula is C16H21NO3. The summed E-state index contributed by atoms with van der Waals surface area (Å²) >= 11 is 0. The van der Waals surface area contributed by atoms with Gasteiger partial charge in [0.1, 0.15) is 6.61 Å². The van der Waals surface area contributed by atoms with Crippen molar-refractivity contribution in [2.75, 3.05) is 20.3 Å². The highest BCUT2D eigenvalue weighted by Gasteiger charge is 2.22. The van der Waals surface area contributed by atoms with E-state index in [4.69, 9.17) is 12.2 Å². The summed E-state index contributed by atoms with van der Waals surface area (Å²) < 4.78 is 26.7. The van der Waals surface area contributed by atoms with Crippen LogP contribution in [0.3, 0.4) is 0 Å². The van der Waals surface area contributed by atoms with Crippen LogP contribution >= 0.6 is 0 Å². The van der Waals surface area contributed by atoms with Crippen LogP contribution < -0.4 is 0 Å². The fourth-order valence-electron chi connectivity index (χ4n) is 2.19. The molecule has 0 radical (unpaired) electrons. The number of unbranched alkanes of at least 4 members (excludes halogenated alkanes) is 1. The van der Waals surface area contributed by atoms with Gasteiger partial charge in [0.2, 0.25) is 5.90 Å². The van der Waals surface area contributed by atoms with Crippen molar-refractivity contribution in [3.05, 3.63) is 35.3 Å². The average molecular weight is 277 g/mol. The van der Waals surface area contributed by atoms with Crippen LogP contribution in [0.25, 0.3) is 0 Å². The van der Waals surface area contributed by atoms with Gasteiger partial charge in [-0.2, -0.15) is 0 Å². The van der Waals surface area contributed by atoms with Crippen LogP contribution in [0, 0.1) is 0 Å². The van der Waals surface area contributed by atoms with Crippen LogP contribution in [0.5, 0.6) is 0 Å². The number of nitrogens with zero attached hydrogens (tertiary/aromatic N) is 1. The lowest BCUT2D eigenvalue weighted by Gasteiger charge is -2.15. The van der Waals surface area contributed by atoms with Gasteiger partial charge in [-0.3, -0.25) is 4.79 Å². The molecule has 1 aliphatic heterocycles. The molecule has 2 rings (SSSR count). The van der Waals surface area contributed by atoms with Gasteiger partial charge in [0.25, 0.3) is 0 Å². The zero-order valence-electron chi connectivity index (χ0n) is 13.9. The van der Waals surface area contributed by atoms with Gasteiger partial charge >= 0.3 is 5.97 Å². The molecule has 4 nitrogen and oxygen atoms in total. The van der Waals surface area contributed by atoms with Crippen LogP contribution in [0.4, 0.5) is 0 Å². The first kappa shape index (κ1) is 11.9. The number of carbonyl (C=O) groups is 1. The summed E-state index contributed by atoms with van der Waals surface area (Å²) in [5, 5.41) is 0. The highest BCUT2D eigenvalue weighted by Crippen LogP contribution is 2.25. The second kappa shape index (κ2) is 7.08. The fraction of sp³-hybridized carbons (Fsp3) is 0.500. The molecule has 0 aromatic heterocycles. The average Bonchev–Trinajstić information content (AvgIpc) is 3.03. The molecule has 20 heavy (non-hydrogen) atoms. The minimum atomic E-state index is -0.487. The maximum absolute atomic E-state index is 12.1. The third-order valence-corrected chi connectivity index (χ3v) is 3.27. The predicted molar refractivity (Wildman–Crippen MR) is 78.1 cm³/mol. The van der Waals surface area contributed by atoms with Crippen molar-refractivity contribution in [1.29, 1.82) is 0 Å². The van der Waals surface area contributed by atoms with E-state index < -0.39 is 5.92 Å². The first-order chi connectivity index (χ1) is 10.6. The van der Waals surface area contributed by atoms with Crippen molar-refractivity contribution < 1.29 is 17.0 Å². The van der Waals surface area contributed by atoms with E-state index in [2.05, 4.69) is 11.9 Å². The molecule has 4 heteroatoms. The van der Waals surface area contributed by atoms with E-state index in [1.165, 1.54) is 7.11 Å². The third-order valence-electron chi connectivity index (χ3n) is 3.27. The quantitative estimate of drug-likeness (QED) is 0.751. The van der Waals surface area contributed by atoms with E-state index in [0.29, 0.717) is 36.6 Å². The highest BCUT2D eigenvalue weighted by molar-refractivity contribution is 5.95. The molecule has 0 saturated heterocycles. The van der Waals surface area contributed by atoms with Crippen molar-refractivity contribution in [3.63, 3.8) is 0 Å². The number of esters is 1. The van der Waals surface area contributed by atoms with Gasteiger partial charge in [-0.15, -0.1) is 0 Å². The van der Waals surface area contributed by atoms with Gasteiger partial charge in [-0.1, -0.05) is 31.9 Å². The number of rotatable bonds is 6. The maximum Gasteiger partial charge on any atom is 0.313 e. The zero-order chi connectivity index (χ0) is 16.1. The molecular weight excluding hydrogens is 254 g/mol. The van der Waals surface area contributed by atoms with Gasteiger partial charge in [-0.05, 0) is 24.1 Å². The highest BCUT2D eigenvalue weighted by atomic mass is 16.5. The van der Waals surface area contributed by atoms with Crippen molar-refractivity contribution in [1.82, 2.24) is 0 Å². The zero-order valence-corrected chi connectivity index (χ0v) is 11.9. The van der Waals surface area contributed by atoms with Crippen LogP contribution in [0.1, 0.15) is 46.0 Å². The lowest BCUT2D eigenvalue weighted by molar-refractivity contribution is -0.142. The normalized spacial score (nSPS) is 16.8. The molecule has 108 valence electrons.